The van der Waals surface area contributed by atoms with Gasteiger partial charge in [0, 0.05) is 12.0 Å². The predicted molar refractivity (Wildman–Crippen MR) is 60.8 cm³/mol. The van der Waals surface area contributed by atoms with Crippen molar-refractivity contribution < 1.29 is 22.8 Å². The monoisotopic (exact) mass is 278 g/mol. The number of hydrogen-bond donors (Lipinski definition) is 2. The second kappa shape index (κ2) is 4.68. The molecule has 2 aliphatic rings. The zero-order chi connectivity index (χ0) is 14.3. The molecule has 7 heteroatoms. The van der Waals surface area contributed by atoms with Gasteiger partial charge in [-0.05, 0) is 32.1 Å². The molecule has 2 saturated carbocycles. The number of alkyl halides is 3. The van der Waals surface area contributed by atoms with Crippen LogP contribution in [-0.4, -0.2) is 24.0 Å². The van der Waals surface area contributed by atoms with Crippen LogP contribution in [0.1, 0.15) is 38.5 Å². The molecular weight excluding hydrogens is 261 g/mol. The number of amides is 2. The molecule has 108 valence electrons. The summed E-state index contributed by atoms with van der Waals surface area (Å²) in [5.41, 5.74) is 2.94. The third kappa shape index (κ3) is 2.42. The summed E-state index contributed by atoms with van der Waals surface area (Å²) in [5, 5.41) is 2.45. The van der Waals surface area contributed by atoms with Crippen molar-refractivity contribution >= 4 is 11.8 Å². The van der Waals surface area contributed by atoms with E-state index in [0.29, 0.717) is 25.7 Å². The molecule has 0 aromatic carbocycles. The lowest BCUT2D eigenvalue weighted by atomic mass is 9.67. The molecule has 0 aromatic rings. The molecule has 0 unspecified atom stereocenters. The largest absolute Gasteiger partial charge is 0.403 e. The van der Waals surface area contributed by atoms with E-state index in [2.05, 4.69) is 5.32 Å². The number of carbonyl (C=O) groups excluding carboxylic acids is 2. The van der Waals surface area contributed by atoms with E-state index in [4.69, 9.17) is 5.73 Å². The molecule has 2 amide bonds. The lowest BCUT2D eigenvalue weighted by Gasteiger charge is -2.41. The fraction of sp³-hybridized carbons (Fsp3) is 0.833. The van der Waals surface area contributed by atoms with E-state index < -0.39 is 23.4 Å². The Labute approximate surface area is 108 Å². The quantitative estimate of drug-likeness (QED) is 0.821. The molecule has 2 atom stereocenters. The Morgan fingerprint density at radius 1 is 1.21 bits per heavy atom. The fourth-order valence-corrected chi connectivity index (χ4v) is 2.86. The summed E-state index contributed by atoms with van der Waals surface area (Å²) in [6, 6.07) is -0.371. The number of nitrogens with one attached hydrogen (secondary N) is 1. The Morgan fingerprint density at radius 2 is 1.84 bits per heavy atom. The van der Waals surface area contributed by atoms with Gasteiger partial charge in [0.2, 0.25) is 11.8 Å². The van der Waals surface area contributed by atoms with Crippen LogP contribution in [0.15, 0.2) is 0 Å². The van der Waals surface area contributed by atoms with E-state index in [9.17, 15) is 22.8 Å². The van der Waals surface area contributed by atoms with Crippen molar-refractivity contribution in [1.29, 1.82) is 0 Å². The number of hydrogen-bond acceptors (Lipinski definition) is 2. The van der Waals surface area contributed by atoms with Crippen LogP contribution in [-0.2, 0) is 9.59 Å². The van der Waals surface area contributed by atoms with Gasteiger partial charge in [-0.15, -0.1) is 0 Å². The maximum atomic E-state index is 13.0. The normalized spacial score (nSPS) is 29.6. The first-order valence-electron chi connectivity index (χ1n) is 6.43. The van der Waals surface area contributed by atoms with Gasteiger partial charge in [-0.25, -0.2) is 0 Å². The molecule has 0 aliphatic heterocycles. The number of primary amides is 1. The number of halogens is 3. The minimum absolute atomic E-state index is 0.145. The predicted octanol–water partition coefficient (Wildman–Crippen LogP) is 1.49. The first-order valence-corrected chi connectivity index (χ1v) is 6.43. The van der Waals surface area contributed by atoms with Crippen molar-refractivity contribution in [3.8, 4) is 0 Å². The highest BCUT2D eigenvalue weighted by molar-refractivity contribution is 5.85. The van der Waals surface area contributed by atoms with Crippen LogP contribution in [0.5, 0.6) is 0 Å². The second-order valence-corrected chi connectivity index (χ2v) is 5.52. The molecule has 0 aromatic heterocycles. The summed E-state index contributed by atoms with van der Waals surface area (Å²) in [4.78, 5) is 22.9. The second-order valence-electron chi connectivity index (χ2n) is 5.52. The van der Waals surface area contributed by atoms with Crippen LogP contribution in [0.3, 0.4) is 0 Å². The molecule has 19 heavy (non-hydrogen) atoms. The zero-order valence-corrected chi connectivity index (χ0v) is 10.4. The van der Waals surface area contributed by atoms with Gasteiger partial charge in [0.05, 0.1) is 0 Å². The summed E-state index contributed by atoms with van der Waals surface area (Å²) in [7, 11) is 0. The van der Waals surface area contributed by atoms with Gasteiger partial charge >= 0.3 is 6.18 Å². The van der Waals surface area contributed by atoms with Crippen LogP contribution in [0.2, 0.25) is 0 Å². The molecule has 0 bridgehead atoms. The van der Waals surface area contributed by atoms with Crippen LogP contribution >= 0.6 is 0 Å². The van der Waals surface area contributed by atoms with Crippen molar-refractivity contribution in [3.05, 3.63) is 0 Å². The first-order chi connectivity index (χ1) is 8.76. The van der Waals surface area contributed by atoms with Crippen molar-refractivity contribution in [1.82, 2.24) is 5.32 Å². The van der Waals surface area contributed by atoms with Gasteiger partial charge in [-0.2, -0.15) is 13.2 Å². The average molecular weight is 278 g/mol. The zero-order valence-electron chi connectivity index (χ0n) is 10.4. The van der Waals surface area contributed by atoms with E-state index in [1.54, 1.807) is 0 Å². The van der Waals surface area contributed by atoms with E-state index in [1.807, 2.05) is 0 Å². The van der Waals surface area contributed by atoms with E-state index in [1.165, 1.54) is 0 Å². The Kier molecular flexibility index (Phi) is 3.49. The molecule has 0 spiro atoms. The van der Waals surface area contributed by atoms with Crippen molar-refractivity contribution in [2.24, 2.45) is 17.1 Å². The molecule has 2 fully saturated rings. The summed E-state index contributed by atoms with van der Waals surface area (Å²) in [5.74, 6) is -1.74. The lowest BCUT2D eigenvalue weighted by molar-refractivity contribution is -0.243. The van der Waals surface area contributed by atoms with E-state index in [-0.39, 0.29) is 24.8 Å². The van der Waals surface area contributed by atoms with E-state index >= 15 is 0 Å². The molecule has 0 saturated heterocycles. The van der Waals surface area contributed by atoms with Gasteiger partial charge in [0.1, 0.15) is 5.41 Å². The molecule has 2 rings (SSSR count). The highest BCUT2D eigenvalue weighted by Crippen LogP contribution is 2.53. The minimum Gasteiger partial charge on any atom is -0.369 e. The summed E-state index contributed by atoms with van der Waals surface area (Å²) in [6.45, 7) is 0. The van der Waals surface area contributed by atoms with E-state index in [0.717, 1.165) is 0 Å². The minimum atomic E-state index is -4.50. The summed E-state index contributed by atoms with van der Waals surface area (Å²) < 4.78 is 38.9. The first kappa shape index (κ1) is 14.1. The smallest absolute Gasteiger partial charge is 0.369 e. The fourth-order valence-electron chi connectivity index (χ4n) is 2.86. The molecule has 2 aliphatic carbocycles. The highest BCUT2D eigenvalue weighted by atomic mass is 19.4. The average Bonchev–Trinajstić information content (AvgIpc) is 2.61. The Morgan fingerprint density at radius 3 is 2.21 bits per heavy atom. The standard InChI is InChI=1S/C12H17F3N2O2/c13-12(14,15)11(4-1-5-11)10(19)17-8-3-2-7(6-8)9(16)18/h7-8H,1-6H2,(H2,16,18)(H,17,19)/t7-,8+/m1/s1. The maximum absolute atomic E-state index is 13.0. The lowest BCUT2D eigenvalue weighted by Crippen LogP contribution is -2.56. The molecule has 0 radical (unpaired) electrons. The number of carbonyl (C=O) groups is 2. The van der Waals surface area contributed by atoms with Crippen LogP contribution in [0.4, 0.5) is 13.2 Å². The summed E-state index contributed by atoms with van der Waals surface area (Å²) >= 11 is 0. The maximum Gasteiger partial charge on any atom is 0.403 e. The number of nitrogens with two attached hydrogens (primary N) is 1. The van der Waals surface area contributed by atoms with Crippen molar-refractivity contribution in [2.45, 2.75) is 50.7 Å². The van der Waals surface area contributed by atoms with Crippen molar-refractivity contribution in [3.63, 3.8) is 0 Å². The highest BCUT2D eigenvalue weighted by Gasteiger charge is 2.63. The Balaban J connectivity index is 1.97. The van der Waals surface area contributed by atoms with Crippen LogP contribution < -0.4 is 11.1 Å². The molecule has 0 heterocycles. The van der Waals surface area contributed by atoms with Crippen LogP contribution in [0, 0.1) is 11.3 Å². The third-order valence-electron chi connectivity index (χ3n) is 4.35. The molecule has 3 N–H and O–H groups in total. The molecular formula is C12H17F3N2O2. The Hall–Kier alpha value is -1.27. The molecule has 4 nitrogen and oxygen atoms in total. The van der Waals surface area contributed by atoms with Crippen molar-refractivity contribution in [2.75, 3.05) is 0 Å². The van der Waals surface area contributed by atoms with Gasteiger partial charge < -0.3 is 11.1 Å². The summed E-state index contributed by atoms with van der Waals surface area (Å²) in [6.07, 6.45) is -3.00. The van der Waals surface area contributed by atoms with Gasteiger partial charge in [0.15, 0.2) is 0 Å². The number of rotatable bonds is 3. The van der Waals surface area contributed by atoms with Gasteiger partial charge in [-0.1, -0.05) is 6.42 Å². The Bertz CT molecular complexity index is 391. The topological polar surface area (TPSA) is 72.2 Å². The van der Waals surface area contributed by atoms with Crippen LogP contribution in [0.25, 0.3) is 0 Å². The SMILES string of the molecule is NC(=O)[C@@H]1CC[C@H](NC(=O)C2(C(F)(F)F)CCC2)C1. The van der Waals surface area contributed by atoms with Gasteiger partial charge in [-0.3, -0.25) is 9.59 Å². The van der Waals surface area contributed by atoms with Gasteiger partial charge in [0.25, 0.3) is 0 Å². The third-order valence-corrected chi connectivity index (χ3v) is 4.35.